The van der Waals surface area contributed by atoms with Gasteiger partial charge in [0.1, 0.15) is 10.6 Å². The predicted molar refractivity (Wildman–Crippen MR) is 69.5 cm³/mol. The van der Waals surface area contributed by atoms with E-state index < -0.39 is 10.0 Å². The fourth-order valence-electron chi connectivity index (χ4n) is 1.76. The second kappa shape index (κ2) is 6.17. The van der Waals surface area contributed by atoms with Crippen molar-refractivity contribution in [3.05, 3.63) is 23.3 Å². The van der Waals surface area contributed by atoms with Gasteiger partial charge in [0.2, 0.25) is 10.0 Å². The van der Waals surface area contributed by atoms with Gasteiger partial charge in [-0.1, -0.05) is 6.07 Å². The molecule has 0 amide bonds. The standard InChI is InChI=1S/C12H19NO4S/c1-9-7-10(2)12(11(8-9)17-4)18(14,15)13-5-6-16-3/h7-8,13H,5-6H2,1-4H3. The van der Waals surface area contributed by atoms with E-state index in [1.54, 1.807) is 13.0 Å². The third kappa shape index (κ3) is 3.44. The summed E-state index contributed by atoms with van der Waals surface area (Å²) in [7, 11) is -0.597. The average Bonchev–Trinajstić information content (AvgIpc) is 2.27. The zero-order chi connectivity index (χ0) is 13.8. The van der Waals surface area contributed by atoms with E-state index >= 15 is 0 Å². The molecule has 0 fully saturated rings. The van der Waals surface area contributed by atoms with Gasteiger partial charge in [0.25, 0.3) is 0 Å². The summed E-state index contributed by atoms with van der Waals surface area (Å²) in [4.78, 5) is 0.187. The van der Waals surface area contributed by atoms with Crippen molar-refractivity contribution in [3.63, 3.8) is 0 Å². The van der Waals surface area contributed by atoms with Crippen molar-refractivity contribution in [2.24, 2.45) is 0 Å². The summed E-state index contributed by atoms with van der Waals surface area (Å²) in [5.41, 5.74) is 1.62. The molecule has 102 valence electrons. The topological polar surface area (TPSA) is 64.6 Å². The molecule has 0 aliphatic rings. The summed E-state index contributed by atoms with van der Waals surface area (Å²) in [6.07, 6.45) is 0. The molecule has 0 atom stereocenters. The van der Waals surface area contributed by atoms with Crippen LogP contribution < -0.4 is 9.46 Å². The molecule has 1 aromatic carbocycles. The number of nitrogens with one attached hydrogen (secondary N) is 1. The van der Waals surface area contributed by atoms with Gasteiger partial charge in [-0.25, -0.2) is 13.1 Å². The number of aryl methyl sites for hydroxylation is 2. The van der Waals surface area contributed by atoms with Gasteiger partial charge in [-0.05, 0) is 31.0 Å². The first-order chi connectivity index (χ1) is 8.42. The maximum Gasteiger partial charge on any atom is 0.244 e. The smallest absolute Gasteiger partial charge is 0.244 e. The molecule has 0 saturated heterocycles. The van der Waals surface area contributed by atoms with Crippen LogP contribution in [0.3, 0.4) is 0 Å². The summed E-state index contributed by atoms with van der Waals surface area (Å²) in [5.74, 6) is 0.359. The first-order valence-electron chi connectivity index (χ1n) is 5.56. The highest BCUT2D eigenvalue weighted by atomic mass is 32.2. The quantitative estimate of drug-likeness (QED) is 0.792. The van der Waals surface area contributed by atoms with Crippen molar-refractivity contribution in [2.45, 2.75) is 18.7 Å². The largest absolute Gasteiger partial charge is 0.495 e. The number of ether oxygens (including phenoxy) is 2. The number of hydrogen-bond donors (Lipinski definition) is 1. The second-order valence-electron chi connectivity index (χ2n) is 4.00. The summed E-state index contributed by atoms with van der Waals surface area (Å²) in [6, 6.07) is 3.52. The molecule has 18 heavy (non-hydrogen) atoms. The molecule has 0 radical (unpaired) electrons. The molecular weight excluding hydrogens is 254 g/mol. The summed E-state index contributed by atoms with van der Waals surface area (Å²) in [5, 5.41) is 0. The maximum absolute atomic E-state index is 12.2. The van der Waals surface area contributed by atoms with Gasteiger partial charge >= 0.3 is 0 Å². The van der Waals surface area contributed by atoms with E-state index in [4.69, 9.17) is 9.47 Å². The lowest BCUT2D eigenvalue weighted by atomic mass is 10.1. The van der Waals surface area contributed by atoms with Gasteiger partial charge in [0.05, 0.1) is 13.7 Å². The predicted octanol–water partition coefficient (Wildman–Crippen LogP) is 1.24. The van der Waals surface area contributed by atoms with Crippen LogP contribution in [0.15, 0.2) is 17.0 Å². The van der Waals surface area contributed by atoms with Crippen molar-refractivity contribution in [2.75, 3.05) is 27.4 Å². The highest BCUT2D eigenvalue weighted by Gasteiger charge is 2.21. The number of methoxy groups -OCH3 is 2. The van der Waals surface area contributed by atoms with Crippen molar-refractivity contribution < 1.29 is 17.9 Å². The third-order valence-electron chi connectivity index (χ3n) is 2.47. The first-order valence-corrected chi connectivity index (χ1v) is 7.04. The van der Waals surface area contributed by atoms with E-state index in [0.717, 1.165) is 5.56 Å². The van der Waals surface area contributed by atoms with E-state index in [9.17, 15) is 8.42 Å². The highest BCUT2D eigenvalue weighted by molar-refractivity contribution is 7.89. The van der Waals surface area contributed by atoms with E-state index in [0.29, 0.717) is 17.9 Å². The Kier molecular flexibility index (Phi) is 5.13. The SMILES string of the molecule is COCCNS(=O)(=O)c1c(C)cc(C)cc1OC. The van der Waals surface area contributed by atoms with Gasteiger partial charge in [-0.15, -0.1) is 0 Å². The van der Waals surface area contributed by atoms with Crippen LogP contribution >= 0.6 is 0 Å². The minimum Gasteiger partial charge on any atom is -0.495 e. The summed E-state index contributed by atoms with van der Waals surface area (Å²) >= 11 is 0. The maximum atomic E-state index is 12.2. The Morgan fingerprint density at radius 1 is 1.22 bits per heavy atom. The molecule has 0 aliphatic carbocycles. The van der Waals surface area contributed by atoms with Crippen LogP contribution in [0.4, 0.5) is 0 Å². The summed E-state index contributed by atoms with van der Waals surface area (Å²) < 4.78 is 36.8. The zero-order valence-electron chi connectivity index (χ0n) is 11.1. The van der Waals surface area contributed by atoms with Crippen LogP contribution in [-0.2, 0) is 14.8 Å². The van der Waals surface area contributed by atoms with Crippen LogP contribution in [-0.4, -0.2) is 35.8 Å². The molecule has 5 nitrogen and oxygen atoms in total. The van der Waals surface area contributed by atoms with E-state index in [1.807, 2.05) is 13.0 Å². The fourth-order valence-corrected chi connectivity index (χ4v) is 3.15. The fraction of sp³-hybridized carbons (Fsp3) is 0.500. The van der Waals surface area contributed by atoms with Crippen LogP contribution in [0.5, 0.6) is 5.75 Å². The van der Waals surface area contributed by atoms with Crippen LogP contribution in [0.25, 0.3) is 0 Å². The van der Waals surface area contributed by atoms with Crippen LogP contribution in [0.2, 0.25) is 0 Å². The van der Waals surface area contributed by atoms with E-state index in [1.165, 1.54) is 14.2 Å². The van der Waals surface area contributed by atoms with Gasteiger partial charge in [-0.2, -0.15) is 0 Å². The molecule has 1 N–H and O–H groups in total. The number of rotatable bonds is 6. The van der Waals surface area contributed by atoms with Crippen LogP contribution in [0.1, 0.15) is 11.1 Å². The Balaban J connectivity index is 3.15. The molecule has 1 aromatic rings. The lowest BCUT2D eigenvalue weighted by molar-refractivity contribution is 0.204. The van der Waals surface area contributed by atoms with Gasteiger partial charge in [-0.3, -0.25) is 0 Å². The van der Waals surface area contributed by atoms with Crippen molar-refractivity contribution in [1.82, 2.24) is 4.72 Å². The van der Waals surface area contributed by atoms with Crippen molar-refractivity contribution >= 4 is 10.0 Å². The minimum absolute atomic E-state index is 0.187. The Bertz CT molecular complexity index is 511. The molecule has 0 unspecified atom stereocenters. The average molecular weight is 273 g/mol. The van der Waals surface area contributed by atoms with Crippen molar-refractivity contribution in [3.8, 4) is 5.75 Å². The second-order valence-corrected chi connectivity index (χ2v) is 5.71. The van der Waals surface area contributed by atoms with Gasteiger partial charge in [0, 0.05) is 13.7 Å². The Labute approximate surface area is 108 Å². The molecule has 0 spiro atoms. The Morgan fingerprint density at radius 2 is 1.89 bits per heavy atom. The first kappa shape index (κ1) is 14.9. The molecule has 0 bridgehead atoms. The molecule has 0 saturated carbocycles. The number of hydrogen-bond acceptors (Lipinski definition) is 4. The lowest BCUT2D eigenvalue weighted by Crippen LogP contribution is -2.28. The minimum atomic E-state index is -3.58. The van der Waals surface area contributed by atoms with Gasteiger partial charge < -0.3 is 9.47 Å². The van der Waals surface area contributed by atoms with Crippen LogP contribution in [0, 0.1) is 13.8 Å². The normalized spacial score (nSPS) is 11.6. The summed E-state index contributed by atoms with van der Waals surface area (Å²) in [6.45, 7) is 4.20. The molecular formula is C12H19NO4S. The molecule has 1 rings (SSSR count). The number of benzene rings is 1. The van der Waals surface area contributed by atoms with Crippen molar-refractivity contribution in [1.29, 1.82) is 0 Å². The molecule has 0 heterocycles. The Morgan fingerprint density at radius 3 is 2.44 bits per heavy atom. The lowest BCUT2D eigenvalue weighted by Gasteiger charge is -2.14. The van der Waals surface area contributed by atoms with E-state index in [-0.39, 0.29) is 11.4 Å². The third-order valence-corrected chi connectivity index (χ3v) is 4.12. The molecule has 0 aliphatic heterocycles. The molecule has 0 aromatic heterocycles. The zero-order valence-corrected chi connectivity index (χ0v) is 11.9. The van der Waals surface area contributed by atoms with E-state index in [2.05, 4.69) is 4.72 Å². The highest BCUT2D eigenvalue weighted by Crippen LogP contribution is 2.28. The molecule has 6 heteroatoms. The van der Waals surface area contributed by atoms with Gasteiger partial charge in [0.15, 0.2) is 0 Å². The monoisotopic (exact) mass is 273 g/mol. The Hall–Kier alpha value is -1.11. The number of sulfonamides is 1.